The van der Waals surface area contributed by atoms with Crippen molar-refractivity contribution in [3.63, 3.8) is 0 Å². The number of fused-ring (bicyclic) bond motifs is 1. The van der Waals surface area contributed by atoms with E-state index in [0.717, 1.165) is 103 Å². The number of alkyl halides is 3. The molecule has 0 spiro atoms. The van der Waals surface area contributed by atoms with E-state index in [1.54, 1.807) is 61.7 Å². The zero-order chi connectivity index (χ0) is 86.0. The van der Waals surface area contributed by atoms with Crippen LogP contribution in [-0.4, -0.2) is 55.8 Å². The number of halogens is 3. The van der Waals surface area contributed by atoms with Crippen molar-refractivity contribution in [2.75, 3.05) is 49.5 Å². The summed E-state index contributed by atoms with van der Waals surface area (Å²) in [6.07, 6.45) is -4.60. The first-order chi connectivity index (χ1) is 57.4. The molecular weight excluding hydrogens is 1500 g/mol. The molecule has 1 aliphatic heterocycles. The fraction of sp³-hybridized carbons (Fsp3) is 0.184. The first-order valence-corrected chi connectivity index (χ1v) is 38.3. The lowest BCUT2D eigenvalue weighted by Gasteiger charge is -2.08. The Balaban J connectivity index is 0.000000206. The first-order valence-electron chi connectivity index (χ1n) is 38.3. The maximum Gasteiger partial charge on any atom is 0.573 e. The molecule has 13 nitrogen and oxygen atoms in total. The van der Waals surface area contributed by atoms with Gasteiger partial charge in [0.2, 0.25) is 6.79 Å². The molecule has 1 aliphatic rings. The van der Waals surface area contributed by atoms with E-state index in [4.69, 9.17) is 56.8 Å². The summed E-state index contributed by atoms with van der Waals surface area (Å²) in [5.41, 5.74) is 12.9. The summed E-state index contributed by atoms with van der Waals surface area (Å²) in [6, 6.07) is 111. The molecule has 0 saturated heterocycles. The molecule has 0 fully saturated rings. The van der Waals surface area contributed by atoms with Gasteiger partial charge in [0, 0.05) is 6.07 Å². The van der Waals surface area contributed by atoms with Gasteiger partial charge in [-0.3, -0.25) is 0 Å². The Hall–Kier alpha value is -13.7. The van der Waals surface area contributed by atoms with Gasteiger partial charge in [-0.2, -0.15) is 0 Å². The number of para-hydroxylation sites is 4. The average Bonchev–Trinajstić information content (AvgIpc) is 1.70. The van der Waals surface area contributed by atoms with Gasteiger partial charge in [-0.15, -0.1) is 13.2 Å². The second-order valence-corrected chi connectivity index (χ2v) is 26.7. The summed E-state index contributed by atoms with van der Waals surface area (Å²) in [7, 11) is 9.91. The summed E-state index contributed by atoms with van der Waals surface area (Å²) in [5.74, 6) is 12.8. The van der Waals surface area contributed by atoms with Crippen molar-refractivity contribution in [3.8, 4) is 92.0 Å². The Bertz CT molecular complexity index is 5070. The molecule has 0 amide bonds. The van der Waals surface area contributed by atoms with Gasteiger partial charge in [-0.1, -0.05) is 210 Å². The van der Waals surface area contributed by atoms with Gasteiger partial charge in [0.1, 0.15) is 75.6 Å². The first kappa shape index (κ1) is 94.1. The second kappa shape index (κ2) is 52.7. The number of hydrogen-bond acceptors (Lipinski definition) is 13. The number of ether oxygens (including phenoxy) is 13. The fourth-order valence-electron chi connectivity index (χ4n) is 10.2. The largest absolute Gasteiger partial charge is 0.573 e. The molecule has 0 saturated carbocycles. The van der Waals surface area contributed by atoms with Gasteiger partial charge in [0.25, 0.3) is 0 Å². The van der Waals surface area contributed by atoms with E-state index in [1.807, 2.05) is 326 Å². The van der Waals surface area contributed by atoms with E-state index in [0.29, 0.717) is 13.4 Å². The van der Waals surface area contributed by atoms with Crippen LogP contribution in [0.1, 0.15) is 61.2 Å². The number of aryl methyl sites for hydroxylation is 10. The van der Waals surface area contributed by atoms with Gasteiger partial charge in [-0.05, 0) is 260 Å². The van der Waals surface area contributed by atoms with Crippen LogP contribution in [0.2, 0.25) is 0 Å². The van der Waals surface area contributed by atoms with Crippen molar-refractivity contribution < 1.29 is 74.8 Å². The highest BCUT2D eigenvalue weighted by Gasteiger charge is 2.31. The van der Waals surface area contributed by atoms with E-state index in [2.05, 4.69) is 62.8 Å². The molecule has 0 bridgehead atoms. The molecule has 15 rings (SSSR count). The number of hydrogen-bond donors (Lipinski definition) is 0. The van der Waals surface area contributed by atoms with Crippen LogP contribution in [0.15, 0.2) is 346 Å². The summed E-state index contributed by atoms with van der Waals surface area (Å²) < 4.78 is 102. The maximum atomic E-state index is 11.6. The topological polar surface area (TPSA) is 120 Å². The van der Waals surface area contributed by atoms with Crippen molar-refractivity contribution >= 4 is 0 Å². The molecule has 0 aliphatic carbocycles. The molecule has 0 aromatic heterocycles. The second-order valence-electron chi connectivity index (χ2n) is 26.7. The quantitative estimate of drug-likeness (QED) is 0.0914. The van der Waals surface area contributed by atoms with E-state index in [-0.39, 0.29) is 5.75 Å². The Morgan fingerprint density at radius 3 is 1.07 bits per heavy atom. The summed E-state index contributed by atoms with van der Waals surface area (Å²) in [6.45, 7) is 21.2. The van der Waals surface area contributed by atoms with Crippen LogP contribution < -0.4 is 61.6 Å². The average molecular weight is 1610 g/mol. The van der Waals surface area contributed by atoms with Crippen molar-refractivity contribution in [2.45, 2.75) is 82.2 Å². The Kier molecular flexibility index (Phi) is 41.7. The van der Waals surface area contributed by atoms with Gasteiger partial charge in [0.05, 0.1) is 42.7 Å². The van der Waals surface area contributed by atoms with E-state index in [1.165, 1.54) is 56.6 Å². The van der Waals surface area contributed by atoms with E-state index >= 15 is 0 Å². The molecule has 1 heterocycles. The molecule has 0 atom stereocenters. The molecule has 16 heteroatoms. The van der Waals surface area contributed by atoms with Crippen LogP contribution in [0, 0.1) is 69.2 Å². The normalized spacial score (nSPS) is 10.1. The van der Waals surface area contributed by atoms with E-state index in [9.17, 15) is 13.2 Å². The maximum absolute atomic E-state index is 11.6. The fourth-order valence-corrected chi connectivity index (χ4v) is 10.2. The van der Waals surface area contributed by atoms with Crippen LogP contribution in [0.3, 0.4) is 0 Å². The van der Waals surface area contributed by atoms with Crippen molar-refractivity contribution in [2.24, 2.45) is 0 Å². The van der Waals surface area contributed by atoms with Crippen LogP contribution in [0.5, 0.6) is 92.0 Å². The summed E-state index contributed by atoms with van der Waals surface area (Å²) in [5, 5.41) is 0. The zero-order valence-corrected chi connectivity index (χ0v) is 70.8. The van der Waals surface area contributed by atoms with Gasteiger partial charge >= 0.3 is 6.36 Å². The Morgan fingerprint density at radius 1 is 0.244 bits per heavy atom. The lowest BCUT2D eigenvalue weighted by Crippen LogP contribution is -2.16. The van der Waals surface area contributed by atoms with Crippen molar-refractivity contribution in [1.29, 1.82) is 0 Å². The smallest absolute Gasteiger partial charge is 0.497 e. The monoisotopic (exact) mass is 1610 g/mol. The molecular formula is C103H109F3O13. The molecule has 0 N–H and O–H groups in total. The number of rotatable bonds is 16. The van der Waals surface area contributed by atoms with Crippen LogP contribution >= 0.6 is 0 Å². The standard InChI is InChI=1S/C14H14O.3C13H12O.2C9H12O2.C8H7F3O.C8H8O2.2C8H10O/c1-12-7-9-14(10-8-12)15-11-13-5-3-2-4-6-13;1-11-7-5-6-10-13(11)14-12-8-3-2-4-9-12;1-11-6-5-9-13(10-11)14-12-7-3-2-4-8-12;1-11-7-9-13(10-8-11)14-12-5-3-2-4-6-12;1-7-4-8(10-2)6-9(5-7)11-3;1-7-4-5-8(10-2)9(6-7)11-3;1-6-2-4-7(5-3-6)12-8(9,10)11;1-6-2-3-7-8(4-6)10-5-9-7;1-7-3-5-8(9-2)6-4-7;1-7-4-3-5-8(6-7)9-2/h2-10H,11H2,1H3;3*2-10H,1H3;2*4-6H,1-3H3;2-5H,1H3;2-4H,5H2,1H3;2*3-6H,1-2H3. The Labute approximate surface area is 701 Å². The van der Waals surface area contributed by atoms with Crippen molar-refractivity contribution in [1.82, 2.24) is 0 Å². The van der Waals surface area contributed by atoms with Crippen LogP contribution in [0.4, 0.5) is 13.2 Å². The lowest BCUT2D eigenvalue weighted by molar-refractivity contribution is -0.274. The predicted molar refractivity (Wildman–Crippen MR) is 474 cm³/mol. The van der Waals surface area contributed by atoms with Gasteiger partial charge in [-0.25, -0.2) is 0 Å². The molecule has 119 heavy (non-hydrogen) atoms. The third kappa shape index (κ3) is 39.0. The third-order valence-corrected chi connectivity index (χ3v) is 16.6. The highest BCUT2D eigenvalue weighted by atomic mass is 19.4. The van der Waals surface area contributed by atoms with Gasteiger partial charge in [0.15, 0.2) is 23.0 Å². The minimum Gasteiger partial charge on any atom is -0.497 e. The Morgan fingerprint density at radius 2 is 0.605 bits per heavy atom. The van der Waals surface area contributed by atoms with Crippen LogP contribution in [-0.2, 0) is 6.61 Å². The number of benzene rings is 14. The van der Waals surface area contributed by atoms with Gasteiger partial charge < -0.3 is 61.6 Å². The molecule has 14 aromatic rings. The zero-order valence-electron chi connectivity index (χ0n) is 70.8. The minimum absolute atomic E-state index is 0.187. The van der Waals surface area contributed by atoms with Crippen molar-refractivity contribution in [3.05, 3.63) is 407 Å². The molecule has 14 aromatic carbocycles. The van der Waals surface area contributed by atoms with E-state index < -0.39 is 6.36 Å². The summed E-state index contributed by atoms with van der Waals surface area (Å²) >= 11 is 0. The lowest BCUT2D eigenvalue weighted by atomic mass is 10.2. The molecule has 620 valence electrons. The highest BCUT2D eigenvalue weighted by Crippen LogP contribution is 2.33. The minimum atomic E-state index is -4.60. The molecule has 0 unspecified atom stereocenters. The molecule has 0 radical (unpaired) electrons. The number of methoxy groups -OCH3 is 6. The third-order valence-electron chi connectivity index (χ3n) is 16.6. The SMILES string of the molecule is COc1cc(C)cc(OC)c1.COc1ccc(C)cc1.COc1ccc(C)cc1OC.COc1cccc(C)c1.Cc1ccc(OC(F)(F)F)cc1.Cc1ccc(OCc2ccccc2)cc1.Cc1ccc(Oc2ccccc2)cc1.Cc1ccc2c(c1)OCO2.Cc1cccc(Oc2ccccc2)c1.Cc1ccccc1Oc1ccccc1. The predicted octanol–water partition coefficient (Wildman–Crippen LogP) is 27.6. The highest BCUT2D eigenvalue weighted by molar-refractivity contribution is 5.45. The van der Waals surface area contributed by atoms with Crippen LogP contribution in [0.25, 0.3) is 0 Å². The summed E-state index contributed by atoms with van der Waals surface area (Å²) in [4.78, 5) is 0.